The molecule has 126 valence electrons. The third kappa shape index (κ3) is 3.75. The van der Waals surface area contributed by atoms with E-state index in [9.17, 15) is 18.3 Å². The number of fused-ring (bicyclic) bond motifs is 1. The molecule has 1 aliphatic heterocycles. The first-order chi connectivity index (χ1) is 10.9. The fourth-order valence-corrected chi connectivity index (χ4v) is 5.56. The predicted octanol–water partition coefficient (Wildman–Crippen LogP) is 1.15. The summed E-state index contributed by atoms with van der Waals surface area (Å²) in [6.07, 6.45) is 3.25. The minimum atomic E-state index is -2.96. The van der Waals surface area contributed by atoms with Crippen molar-refractivity contribution in [1.82, 2.24) is 5.32 Å². The molecular weight excluding hydrogens is 314 g/mol. The molecule has 0 spiro atoms. The summed E-state index contributed by atoms with van der Waals surface area (Å²) in [5.41, 5.74) is 1.01. The van der Waals surface area contributed by atoms with Crippen molar-refractivity contribution < 1.29 is 18.3 Å². The topological polar surface area (TPSA) is 83.5 Å². The van der Waals surface area contributed by atoms with Crippen LogP contribution >= 0.6 is 0 Å². The van der Waals surface area contributed by atoms with Crippen molar-refractivity contribution in [3.05, 3.63) is 35.4 Å². The van der Waals surface area contributed by atoms with E-state index in [1.807, 2.05) is 24.3 Å². The van der Waals surface area contributed by atoms with E-state index < -0.39 is 15.4 Å². The molecule has 0 saturated carbocycles. The number of aliphatic hydroxyl groups is 1. The van der Waals surface area contributed by atoms with Crippen LogP contribution in [0.4, 0.5) is 0 Å². The molecule has 5 nitrogen and oxygen atoms in total. The second kappa shape index (κ2) is 6.24. The lowest BCUT2D eigenvalue weighted by molar-refractivity contribution is -0.123. The Balaban J connectivity index is 1.59. The first-order valence-corrected chi connectivity index (χ1v) is 9.98. The highest BCUT2D eigenvalue weighted by molar-refractivity contribution is 7.91. The van der Waals surface area contributed by atoms with Crippen molar-refractivity contribution in [3.63, 3.8) is 0 Å². The van der Waals surface area contributed by atoms with Crippen LogP contribution in [0.3, 0.4) is 0 Å². The Morgan fingerprint density at radius 3 is 2.87 bits per heavy atom. The summed E-state index contributed by atoms with van der Waals surface area (Å²) in [6.45, 7) is 0.183. The number of carbonyl (C=O) groups excluding carboxylic acids is 1. The van der Waals surface area contributed by atoms with Gasteiger partial charge in [-0.3, -0.25) is 4.79 Å². The van der Waals surface area contributed by atoms with Crippen LogP contribution in [-0.2, 0) is 26.7 Å². The van der Waals surface area contributed by atoms with E-state index in [1.165, 1.54) is 0 Å². The molecule has 1 saturated heterocycles. The van der Waals surface area contributed by atoms with Crippen molar-refractivity contribution in [1.29, 1.82) is 0 Å². The first-order valence-electron chi connectivity index (χ1n) is 8.16. The number of hydrogen-bond acceptors (Lipinski definition) is 4. The van der Waals surface area contributed by atoms with Crippen molar-refractivity contribution in [2.75, 3.05) is 18.1 Å². The van der Waals surface area contributed by atoms with Crippen LogP contribution in [0, 0.1) is 5.92 Å². The van der Waals surface area contributed by atoms with Crippen molar-refractivity contribution in [2.45, 2.75) is 37.7 Å². The lowest BCUT2D eigenvalue weighted by atomic mass is 9.79. The van der Waals surface area contributed by atoms with E-state index in [4.69, 9.17) is 0 Å². The monoisotopic (exact) mass is 337 g/mol. The Morgan fingerprint density at radius 1 is 1.35 bits per heavy atom. The summed E-state index contributed by atoms with van der Waals surface area (Å²) in [5.74, 6) is 0.0207. The third-order valence-electron chi connectivity index (χ3n) is 4.93. The number of nitrogens with one attached hydrogen (secondary N) is 1. The number of amides is 1. The Hall–Kier alpha value is -1.40. The van der Waals surface area contributed by atoms with Crippen LogP contribution in [0.5, 0.6) is 0 Å². The second-order valence-electron chi connectivity index (χ2n) is 6.79. The molecule has 2 aliphatic rings. The lowest BCUT2D eigenvalue weighted by Gasteiger charge is -2.34. The van der Waals surface area contributed by atoms with E-state index in [0.717, 1.165) is 24.0 Å². The molecule has 1 fully saturated rings. The van der Waals surface area contributed by atoms with E-state index >= 15 is 0 Å². The van der Waals surface area contributed by atoms with Crippen LogP contribution in [0.2, 0.25) is 0 Å². The third-order valence-corrected chi connectivity index (χ3v) is 6.77. The maximum atomic E-state index is 12.1. The zero-order valence-electron chi connectivity index (χ0n) is 13.1. The molecule has 2 unspecified atom stereocenters. The van der Waals surface area contributed by atoms with Gasteiger partial charge in [-0.2, -0.15) is 0 Å². The molecule has 23 heavy (non-hydrogen) atoms. The van der Waals surface area contributed by atoms with Gasteiger partial charge in [0.15, 0.2) is 9.84 Å². The molecule has 1 amide bonds. The molecule has 6 heteroatoms. The fourth-order valence-electron chi connectivity index (χ4n) is 3.69. The van der Waals surface area contributed by atoms with Crippen LogP contribution < -0.4 is 5.32 Å². The van der Waals surface area contributed by atoms with Gasteiger partial charge in [-0.25, -0.2) is 8.42 Å². The van der Waals surface area contributed by atoms with Crippen molar-refractivity contribution in [2.24, 2.45) is 5.92 Å². The van der Waals surface area contributed by atoms with Crippen LogP contribution in [0.25, 0.3) is 0 Å². The number of hydrogen-bond donors (Lipinski definition) is 2. The summed E-state index contributed by atoms with van der Waals surface area (Å²) >= 11 is 0. The minimum Gasteiger partial charge on any atom is -0.383 e. The predicted molar refractivity (Wildman–Crippen MR) is 87.7 cm³/mol. The van der Waals surface area contributed by atoms with Gasteiger partial charge in [0.05, 0.1) is 18.1 Å². The number of benzene rings is 1. The van der Waals surface area contributed by atoms with Gasteiger partial charge in [-0.15, -0.1) is 0 Å². The van der Waals surface area contributed by atoms with E-state index in [0.29, 0.717) is 12.8 Å². The summed E-state index contributed by atoms with van der Waals surface area (Å²) in [4.78, 5) is 12.1. The SMILES string of the molecule is O=C(CC1CCS(=O)(=O)C1)NCC1(O)CCCc2ccccc21. The Kier molecular flexibility index (Phi) is 4.47. The summed E-state index contributed by atoms with van der Waals surface area (Å²) in [7, 11) is -2.96. The van der Waals surface area contributed by atoms with Crippen LogP contribution in [0.1, 0.15) is 36.8 Å². The second-order valence-corrected chi connectivity index (χ2v) is 9.02. The summed E-state index contributed by atoms with van der Waals surface area (Å²) < 4.78 is 22.9. The lowest BCUT2D eigenvalue weighted by Crippen LogP contribution is -2.43. The molecule has 2 N–H and O–H groups in total. The average molecular weight is 337 g/mol. The number of rotatable bonds is 4. The van der Waals surface area contributed by atoms with Gasteiger partial charge >= 0.3 is 0 Å². The molecule has 0 bridgehead atoms. The molecule has 1 aromatic carbocycles. The number of aryl methyl sites for hydroxylation is 1. The van der Waals surface area contributed by atoms with Crippen molar-refractivity contribution >= 4 is 15.7 Å². The van der Waals surface area contributed by atoms with E-state index in [1.54, 1.807) is 0 Å². The molecule has 1 heterocycles. The molecule has 1 aromatic rings. The molecule has 2 atom stereocenters. The maximum Gasteiger partial charge on any atom is 0.220 e. The quantitative estimate of drug-likeness (QED) is 0.863. The largest absolute Gasteiger partial charge is 0.383 e. The van der Waals surface area contributed by atoms with Gasteiger partial charge in [0.2, 0.25) is 5.91 Å². The number of sulfone groups is 1. The van der Waals surface area contributed by atoms with E-state index in [2.05, 4.69) is 5.32 Å². The minimum absolute atomic E-state index is 0.0896. The fraction of sp³-hybridized carbons (Fsp3) is 0.588. The van der Waals surface area contributed by atoms with Crippen LogP contribution in [-0.4, -0.2) is 37.5 Å². The highest BCUT2D eigenvalue weighted by Crippen LogP contribution is 2.34. The standard InChI is InChI=1S/C17H23NO4S/c19-16(10-13-7-9-23(21,22)11-13)18-12-17(20)8-3-5-14-4-1-2-6-15(14)17/h1-2,4,6,13,20H,3,5,7-12H2,(H,18,19). The Labute approximate surface area is 137 Å². The van der Waals surface area contributed by atoms with E-state index in [-0.39, 0.29) is 36.3 Å². The van der Waals surface area contributed by atoms with Gasteiger partial charge in [0, 0.05) is 6.42 Å². The summed E-state index contributed by atoms with van der Waals surface area (Å²) in [5, 5.41) is 13.7. The zero-order valence-corrected chi connectivity index (χ0v) is 13.9. The maximum absolute atomic E-state index is 12.1. The zero-order chi connectivity index (χ0) is 16.5. The smallest absolute Gasteiger partial charge is 0.220 e. The van der Waals surface area contributed by atoms with Crippen molar-refractivity contribution in [3.8, 4) is 0 Å². The van der Waals surface area contributed by atoms with Gasteiger partial charge < -0.3 is 10.4 Å². The number of carbonyl (C=O) groups is 1. The highest BCUT2D eigenvalue weighted by atomic mass is 32.2. The normalized spacial score (nSPS) is 29.0. The summed E-state index contributed by atoms with van der Waals surface area (Å²) in [6, 6.07) is 7.80. The average Bonchev–Trinajstić information content (AvgIpc) is 2.85. The molecule has 0 aromatic heterocycles. The van der Waals surface area contributed by atoms with Gasteiger partial charge in [0.1, 0.15) is 5.60 Å². The van der Waals surface area contributed by atoms with Gasteiger partial charge in [-0.1, -0.05) is 24.3 Å². The first kappa shape index (κ1) is 16.5. The Morgan fingerprint density at radius 2 is 2.13 bits per heavy atom. The van der Waals surface area contributed by atoms with Crippen LogP contribution in [0.15, 0.2) is 24.3 Å². The molecular formula is C17H23NO4S. The van der Waals surface area contributed by atoms with Gasteiger partial charge in [0.25, 0.3) is 0 Å². The molecule has 3 rings (SSSR count). The van der Waals surface area contributed by atoms with Gasteiger partial charge in [-0.05, 0) is 42.7 Å². The molecule has 0 radical (unpaired) electrons. The molecule has 1 aliphatic carbocycles. The Bertz CT molecular complexity index is 700. The highest BCUT2D eigenvalue weighted by Gasteiger charge is 2.35.